The van der Waals surface area contributed by atoms with E-state index in [9.17, 15) is 0 Å². The van der Waals surface area contributed by atoms with Crippen molar-refractivity contribution in [3.05, 3.63) is 70.3 Å². The number of hydrogen-bond acceptors (Lipinski definition) is 1. The summed E-state index contributed by atoms with van der Waals surface area (Å²) in [4.78, 5) is 0. The largest absolute Gasteiger partial charge is 0.326 e. The van der Waals surface area contributed by atoms with Crippen LogP contribution in [0.5, 0.6) is 0 Å². The quantitative estimate of drug-likeness (QED) is 0.851. The Bertz CT molecular complexity index is 477. The molecule has 88 valence electrons. The highest BCUT2D eigenvalue weighted by Crippen LogP contribution is 2.18. The van der Waals surface area contributed by atoms with Gasteiger partial charge < -0.3 is 5.73 Å². The Morgan fingerprint density at radius 2 is 1.35 bits per heavy atom. The van der Waals surface area contributed by atoms with E-state index in [0.717, 1.165) is 6.42 Å². The molecule has 0 bridgehead atoms. The van der Waals surface area contributed by atoms with Crippen LogP contribution in [0.25, 0.3) is 0 Å². The van der Waals surface area contributed by atoms with Crippen molar-refractivity contribution in [2.75, 3.05) is 0 Å². The van der Waals surface area contributed by atoms with Gasteiger partial charge in [-0.2, -0.15) is 0 Å². The van der Waals surface area contributed by atoms with Gasteiger partial charge in [0.2, 0.25) is 0 Å². The van der Waals surface area contributed by atoms with E-state index in [1.807, 2.05) is 0 Å². The van der Waals surface area contributed by atoms with Crippen molar-refractivity contribution >= 4 is 0 Å². The second kappa shape index (κ2) is 5.15. The number of hydrogen-bond donors (Lipinski definition) is 1. The van der Waals surface area contributed by atoms with Crippen LogP contribution < -0.4 is 5.73 Å². The molecular weight excluding hydrogens is 206 g/mol. The van der Waals surface area contributed by atoms with Gasteiger partial charge in [-0.1, -0.05) is 42.5 Å². The normalized spacial score (nSPS) is 10.5. The van der Waals surface area contributed by atoms with E-state index in [1.165, 1.54) is 27.8 Å². The van der Waals surface area contributed by atoms with Crippen LogP contribution in [0.3, 0.4) is 0 Å². The summed E-state index contributed by atoms with van der Waals surface area (Å²) in [6.45, 7) is 4.97. The van der Waals surface area contributed by atoms with Gasteiger partial charge in [0.05, 0.1) is 0 Å². The van der Waals surface area contributed by atoms with E-state index < -0.39 is 0 Å². The third-order valence-electron chi connectivity index (χ3n) is 3.28. The van der Waals surface area contributed by atoms with Gasteiger partial charge in [-0.3, -0.25) is 0 Å². The molecule has 2 N–H and O–H groups in total. The maximum atomic E-state index is 5.60. The van der Waals surface area contributed by atoms with Crippen molar-refractivity contribution in [3.63, 3.8) is 0 Å². The molecule has 0 aliphatic rings. The molecule has 0 spiro atoms. The highest BCUT2D eigenvalue weighted by molar-refractivity contribution is 5.38. The second-order valence-corrected chi connectivity index (χ2v) is 4.57. The molecule has 1 nitrogen and oxygen atoms in total. The van der Waals surface area contributed by atoms with Gasteiger partial charge in [0.25, 0.3) is 0 Å². The molecule has 0 saturated heterocycles. The molecule has 0 amide bonds. The lowest BCUT2D eigenvalue weighted by atomic mass is 9.96. The maximum Gasteiger partial charge on any atom is 0.0178 e. The Kier molecular flexibility index (Phi) is 3.60. The monoisotopic (exact) mass is 225 g/mol. The van der Waals surface area contributed by atoms with Crippen LogP contribution in [-0.4, -0.2) is 0 Å². The molecule has 0 radical (unpaired) electrons. The highest BCUT2D eigenvalue weighted by Gasteiger charge is 2.03. The summed E-state index contributed by atoms with van der Waals surface area (Å²) in [7, 11) is 0. The lowest BCUT2D eigenvalue weighted by molar-refractivity contribution is 1.06. The standard InChI is InChI=1S/C16H19N/c1-12-4-3-5-13(2)16(12)10-14-6-8-15(11-17)9-7-14/h3-9H,10-11,17H2,1-2H3. The Hall–Kier alpha value is -1.60. The molecule has 0 aliphatic heterocycles. The number of rotatable bonds is 3. The van der Waals surface area contributed by atoms with E-state index in [-0.39, 0.29) is 0 Å². The highest BCUT2D eigenvalue weighted by atomic mass is 14.5. The van der Waals surface area contributed by atoms with Crippen LogP contribution in [0.4, 0.5) is 0 Å². The van der Waals surface area contributed by atoms with Crippen molar-refractivity contribution in [2.24, 2.45) is 5.73 Å². The summed E-state index contributed by atoms with van der Waals surface area (Å²) in [6.07, 6.45) is 1.00. The van der Waals surface area contributed by atoms with Crippen LogP contribution in [0, 0.1) is 13.8 Å². The van der Waals surface area contributed by atoms with E-state index in [4.69, 9.17) is 5.73 Å². The Morgan fingerprint density at radius 1 is 0.824 bits per heavy atom. The van der Waals surface area contributed by atoms with Crippen molar-refractivity contribution in [2.45, 2.75) is 26.8 Å². The minimum atomic E-state index is 0.615. The molecule has 17 heavy (non-hydrogen) atoms. The summed E-state index contributed by atoms with van der Waals surface area (Å²) in [5, 5.41) is 0. The fourth-order valence-electron chi connectivity index (χ4n) is 2.13. The first kappa shape index (κ1) is 11.9. The summed E-state index contributed by atoms with van der Waals surface area (Å²) in [5.74, 6) is 0. The molecule has 2 aromatic rings. The molecular formula is C16H19N. The maximum absolute atomic E-state index is 5.60. The van der Waals surface area contributed by atoms with E-state index in [1.54, 1.807) is 0 Å². The summed E-state index contributed by atoms with van der Waals surface area (Å²) >= 11 is 0. The van der Waals surface area contributed by atoms with Crippen molar-refractivity contribution < 1.29 is 0 Å². The van der Waals surface area contributed by atoms with Gasteiger partial charge in [-0.15, -0.1) is 0 Å². The average Bonchev–Trinajstić information content (AvgIpc) is 2.35. The molecule has 0 aliphatic carbocycles. The molecule has 0 unspecified atom stereocenters. The molecule has 0 saturated carbocycles. The van der Waals surface area contributed by atoms with Gasteiger partial charge in [0.15, 0.2) is 0 Å². The van der Waals surface area contributed by atoms with E-state index in [0.29, 0.717) is 6.54 Å². The molecule has 2 aromatic carbocycles. The van der Waals surface area contributed by atoms with Gasteiger partial charge in [0.1, 0.15) is 0 Å². The molecule has 0 fully saturated rings. The minimum absolute atomic E-state index is 0.615. The SMILES string of the molecule is Cc1cccc(C)c1Cc1ccc(CN)cc1. The zero-order chi connectivity index (χ0) is 12.3. The minimum Gasteiger partial charge on any atom is -0.326 e. The summed E-state index contributed by atoms with van der Waals surface area (Å²) in [5.41, 5.74) is 12.3. The lowest BCUT2D eigenvalue weighted by Crippen LogP contribution is -1.98. The van der Waals surface area contributed by atoms with Crippen LogP contribution in [0.1, 0.15) is 27.8 Å². The van der Waals surface area contributed by atoms with Gasteiger partial charge in [0, 0.05) is 6.54 Å². The van der Waals surface area contributed by atoms with Crippen LogP contribution in [0.2, 0.25) is 0 Å². The predicted octanol–water partition coefficient (Wildman–Crippen LogP) is 3.35. The van der Waals surface area contributed by atoms with Gasteiger partial charge in [-0.05, 0) is 48.1 Å². The van der Waals surface area contributed by atoms with Crippen LogP contribution in [-0.2, 0) is 13.0 Å². The Balaban J connectivity index is 2.25. The number of nitrogens with two attached hydrogens (primary N) is 1. The molecule has 0 aromatic heterocycles. The zero-order valence-electron chi connectivity index (χ0n) is 10.5. The van der Waals surface area contributed by atoms with Gasteiger partial charge in [-0.25, -0.2) is 0 Å². The molecule has 1 heteroatoms. The van der Waals surface area contributed by atoms with Crippen LogP contribution >= 0.6 is 0 Å². The molecule has 0 atom stereocenters. The summed E-state index contributed by atoms with van der Waals surface area (Å²) in [6, 6.07) is 15.0. The van der Waals surface area contributed by atoms with Crippen molar-refractivity contribution in [1.82, 2.24) is 0 Å². The zero-order valence-corrected chi connectivity index (χ0v) is 10.5. The van der Waals surface area contributed by atoms with E-state index >= 15 is 0 Å². The third kappa shape index (κ3) is 2.75. The smallest absolute Gasteiger partial charge is 0.0178 e. The fraction of sp³-hybridized carbons (Fsp3) is 0.250. The van der Waals surface area contributed by atoms with Crippen molar-refractivity contribution in [1.29, 1.82) is 0 Å². The molecule has 0 heterocycles. The second-order valence-electron chi connectivity index (χ2n) is 4.57. The average molecular weight is 225 g/mol. The number of aryl methyl sites for hydroxylation is 2. The van der Waals surface area contributed by atoms with Gasteiger partial charge >= 0.3 is 0 Å². The van der Waals surface area contributed by atoms with E-state index in [2.05, 4.69) is 56.3 Å². The predicted molar refractivity (Wildman–Crippen MR) is 73.1 cm³/mol. The Labute approximate surface area is 103 Å². The van der Waals surface area contributed by atoms with Crippen LogP contribution in [0.15, 0.2) is 42.5 Å². The molecule has 2 rings (SSSR count). The van der Waals surface area contributed by atoms with Crippen molar-refractivity contribution in [3.8, 4) is 0 Å². The summed E-state index contributed by atoms with van der Waals surface area (Å²) < 4.78 is 0. The Morgan fingerprint density at radius 3 is 1.88 bits per heavy atom. The third-order valence-corrected chi connectivity index (χ3v) is 3.28. The number of benzene rings is 2. The first-order valence-electron chi connectivity index (χ1n) is 6.03. The first-order valence-corrected chi connectivity index (χ1v) is 6.03. The fourth-order valence-corrected chi connectivity index (χ4v) is 2.13. The topological polar surface area (TPSA) is 26.0 Å². The lowest BCUT2D eigenvalue weighted by Gasteiger charge is -2.10. The first-order chi connectivity index (χ1) is 8.20.